The predicted molar refractivity (Wildman–Crippen MR) is 189 cm³/mol. The van der Waals surface area contributed by atoms with Gasteiger partial charge in [-0.1, -0.05) is 42.8 Å². The van der Waals surface area contributed by atoms with Gasteiger partial charge in [-0.05, 0) is 92.2 Å². The minimum Gasteiger partial charge on any atom is -1.00 e. The second kappa shape index (κ2) is 20.0. The van der Waals surface area contributed by atoms with Crippen LogP contribution in [0.15, 0.2) is 106 Å². The first-order valence-electron chi connectivity index (χ1n) is 15.3. The van der Waals surface area contributed by atoms with E-state index in [-0.39, 0.29) is 45.1 Å². The molecule has 0 unspecified atom stereocenters. The van der Waals surface area contributed by atoms with Crippen LogP contribution in [0.1, 0.15) is 58.1 Å². The van der Waals surface area contributed by atoms with Crippen molar-refractivity contribution in [1.82, 2.24) is 5.32 Å². The van der Waals surface area contributed by atoms with E-state index in [2.05, 4.69) is 30.1 Å². The Labute approximate surface area is 294 Å². The third-order valence-electron chi connectivity index (χ3n) is 7.49. The monoisotopic (exact) mass is 690 g/mol. The van der Waals surface area contributed by atoms with Gasteiger partial charge < -0.3 is 52.0 Å². The Kier molecular flexibility index (Phi) is 16.6. The van der Waals surface area contributed by atoms with Crippen molar-refractivity contribution < 1.29 is 51.5 Å². The van der Waals surface area contributed by atoms with E-state index in [4.69, 9.17) is 23.4 Å². The summed E-state index contributed by atoms with van der Waals surface area (Å²) in [5, 5.41) is 24.1. The number of aldehydes is 1. The summed E-state index contributed by atoms with van der Waals surface area (Å²) in [6.07, 6.45) is 0.805. The van der Waals surface area contributed by atoms with Crippen molar-refractivity contribution in [1.29, 1.82) is 0 Å². The van der Waals surface area contributed by atoms with Crippen molar-refractivity contribution in [2.24, 2.45) is 0 Å². The lowest BCUT2D eigenvalue weighted by molar-refractivity contribution is -0.435. The molecule has 0 spiro atoms. The van der Waals surface area contributed by atoms with Gasteiger partial charge in [0, 0.05) is 22.9 Å². The highest BCUT2D eigenvalue weighted by molar-refractivity contribution is 5.79. The predicted octanol–water partition coefficient (Wildman–Crippen LogP) is 3.74. The summed E-state index contributed by atoms with van der Waals surface area (Å²) in [6.45, 7) is 4.73. The van der Waals surface area contributed by atoms with Gasteiger partial charge in [0.2, 0.25) is 0 Å². The van der Waals surface area contributed by atoms with Crippen LogP contribution in [0.4, 0.5) is 0 Å². The number of halogens is 1. The highest BCUT2D eigenvalue weighted by atomic mass is 35.5. The fraction of sp³-hybridized carbons (Fsp3) is 0.256. The number of aliphatic hydroxyl groups excluding tert-OH is 2. The van der Waals surface area contributed by atoms with E-state index < -0.39 is 0 Å². The maximum absolute atomic E-state index is 10.2. The standard InChI is InChI=1S/C19H21NO3.C11H13NO2.C8H8O2.CH4.ClH/c1-13-3-8-18-15(9-13)10-19(23-18)17(12-21)20-11-14-4-6-16(22-2)7-5-14;1-7-2-3-10-8(4-7)5-11(14-10)9(12)6-13;1-10-8-4-2-7(6-9)3-5-8;;/h3-10,17,20-21H,11-12H2,1-2H3;2-5,9,13H,6,12H2,1H3;2-6H,1H3;1H4;1H/t17-;9-;;;/m11.../s1. The van der Waals surface area contributed by atoms with Crippen molar-refractivity contribution in [3.8, 4) is 11.5 Å². The minimum atomic E-state index is -0.232. The van der Waals surface area contributed by atoms with Gasteiger partial charge in [0.25, 0.3) is 0 Å². The number of ether oxygens (including phenoxy) is 2. The van der Waals surface area contributed by atoms with Crippen molar-refractivity contribution in [3.05, 3.63) is 131 Å². The molecule has 9 nitrogen and oxygen atoms in total. The lowest BCUT2D eigenvalue weighted by atomic mass is 10.1. The number of furan rings is 2. The Bertz CT molecular complexity index is 1850. The summed E-state index contributed by atoms with van der Waals surface area (Å²) >= 11 is 0. The van der Waals surface area contributed by atoms with E-state index in [1.807, 2.05) is 67.6 Å². The highest BCUT2D eigenvalue weighted by Gasteiger charge is 2.16. The number of rotatable bonds is 10. The molecule has 0 radical (unpaired) electrons. The van der Waals surface area contributed by atoms with Crippen LogP contribution in [0.2, 0.25) is 0 Å². The lowest BCUT2D eigenvalue weighted by Crippen LogP contribution is -3.00. The largest absolute Gasteiger partial charge is 1.00 e. The first-order chi connectivity index (χ1) is 22.8. The third-order valence-corrected chi connectivity index (χ3v) is 7.49. The maximum Gasteiger partial charge on any atom is 0.166 e. The number of hydrogen-bond donors (Lipinski definition) is 4. The van der Waals surface area contributed by atoms with Crippen LogP contribution in [0.25, 0.3) is 21.9 Å². The molecule has 2 atom stereocenters. The van der Waals surface area contributed by atoms with Crippen LogP contribution in [0, 0.1) is 13.8 Å². The fourth-order valence-electron chi connectivity index (χ4n) is 4.75. The number of aliphatic hydroxyl groups is 2. The number of hydrogen-bond acceptors (Lipinski definition) is 8. The van der Waals surface area contributed by atoms with Crippen LogP contribution >= 0.6 is 0 Å². The number of benzene rings is 4. The van der Waals surface area contributed by atoms with E-state index in [9.17, 15) is 9.90 Å². The average molecular weight is 691 g/mol. The third kappa shape index (κ3) is 11.5. The molecular weight excluding hydrogens is 644 g/mol. The molecule has 0 fully saturated rings. The van der Waals surface area contributed by atoms with Crippen LogP contribution in [-0.4, -0.2) is 43.9 Å². The zero-order valence-electron chi connectivity index (χ0n) is 27.6. The summed E-state index contributed by atoms with van der Waals surface area (Å²) in [6, 6.07) is 30.4. The molecule has 262 valence electrons. The minimum absolute atomic E-state index is 0. The number of nitrogens with one attached hydrogen (secondary N) is 1. The molecule has 10 heteroatoms. The van der Waals surface area contributed by atoms with E-state index >= 15 is 0 Å². The molecule has 0 bridgehead atoms. The van der Waals surface area contributed by atoms with E-state index in [1.165, 1.54) is 11.1 Å². The molecule has 6 aromatic rings. The number of fused-ring (bicyclic) bond motifs is 2. The Morgan fingerprint density at radius 1 is 0.735 bits per heavy atom. The molecule has 2 heterocycles. The molecule has 4 aromatic carbocycles. The number of aryl methyl sites for hydroxylation is 2. The van der Waals surface area contributed by atoms with Crippen molar-refractivity contribution >= 4 is 28.2 Å². The van der Waals surface area contributed by atoms with Gasteiger partial charge in [-0.15, -0.1) is 0 Å². The summed E-state index contributed by atoms with van der Waals surface area (Å²) in [4.78, 5) is 10.2. The van der Waals surface area contributed by atoms with Crippen molar-refractivity contribution in [3.63, 3.8) is 0 Å². The fourth-order valence-corrected chi connectivity index (χ4v) is 4.75. The Balaban J connectivity index is 0.000000274. The zero-order chi connectivity index (χ0) is 33.8. The Morgan fingerprint density at radius 3 is 1.69 bits per heavy atom. The smallest absolute Gasteiger partial charge is 0.166 e. The molecule has 6 rings (SSSR count). The van der Waals surface area contributed by atoms with Gasteiger partial charge in [0.05, 0.1) is 26.9 Å². The molecule has 0 saturated heterocycles. The maximum atomic E-state index is 10.2. The summed E-state index contributed by atoms with van der Waals surface area (Å²) in [7, 11) is 3.24. The molecular formula is C39H47ClN2O7. The number of carbonyl (C=O) groups excluding carboxylic acids is 1. The second-order valence-corrected chi connectivity index (χ2v) is 11.1. The van der Waals surface area contributed by atoms with Gasteiger partial charge >= 0.3 is 0 Å². The van der Waals surface area contributed by atoms with E-state index in [0.29, 0.717) is 12.1 Å². The van der Waals surface area contributed by atoms with Gasteiger partial charge in [0.15, 0.2) is 11.8 Å². The summed E-state index contributed by atoms with van der Waals surface area (Å²) < 4.78 is 21.5. The molecule has 0 aliphatic rings. The highest BCUT2D eigenvalue weighted by Crippen LogP contribution is 2.26. The number of methoxy groups -OCH3 is 2. The zero-order valence-corrected chi connectivity index (χ0v) is 28.4. The quantitative estimate of drug-likeness (QED) is 0.159. The molecule has 49 heavy (non-hydrogen) atoms. The molecule has 0 amide bonds. The van der Waals surface area contributed by atoms with Gasteiger partial charge in [-0.25, -0.2) is 0 Å². The topological polar surface area (TPSA) is 142 Å². The Morgan fingerprint density at radius 2 is 1.22 bits per heavy atom. The van der Waals surface area contributed by atoms with Gasteiger partial charge in [-0.3, -0.25) is 4.79 Å². The number of quaternary nitrogens is 1. The molecule has 0 aliphatic heterocycles. The molecule has 6 N–H and O–H groups in total. The summed E-state index contributed by atoms with van der Waals surface area (Å²) in [5.74, 6) is 3.10. The summed E-state index contributed by atoms with van der Waals surface area (Å²) in [5.41, 5.74) is 9.68. The SMILES string of the molecule is C.COc1ccc(C=O)cc1.COc1ccc(CN[C@H](CO)c2cc3cc(C)ccc3o2)cc1.Cc1ccc2oc([C@H]([NH3+])CO)cc2c1.[Cl-]. The van der Waals surface area contributed by atoms with Crippen LogP contribution in [0.5, 0.6) is 11.5 Å². The van der Waals surface area contributed by atoms with E-state index in [0.717, 1.165) is 56.8 Å². The van der Waals surface area contributed by atoms with Crippen molar-refractivity contribution in [2.75, 3.05) is 27.4 Å². The van der Waals surface area contributed by atoms with Crippen LogP contribution in [0.3, 0.4) is 0 Å². The van der Waals surface area contributed by atoms with Crippen LogP contribution < -0.4 is 32.9 Å². The molecule has 2 aromatic heterocycles. The first-order valence-corrected chi connectivity index (χ1v) is 15.3. The normalized spacial score (nSPS) is 11.5. The van der Waals surface area contributed by atoms with E-state index in [1.54, 1.807) is 38.5 Å². The molecule has 0 aliphatic carbocycles. The Hall–Kier alpha value is -4.64. The van der Waals surface area contributed by atoms with Gasteiger partial charge in [-0.2, -0.15) is 0 Å². The average Bonchev–Trinajstić information content (AvgIpc) is 3.73. The number of carbonyl (C=O) groups is 1. The first kappa shape index (κ1) is 40.5. The second-order valence-electron chi connectivity index (χ2n) is 11.1. The van der Waals surface area contributed by atoms with Crippen molar-refractivity contribution in [2.45, 2.75) is 39.9 Å². The lowest BCUT2D eigenvalue weighted by Gasteiger charge is -2.14. The van der Waals surface area contributed by atoms with Gasteiger partial charge in [0.1, 0.15) is 41.3 Å². The van der Waals surface area contributed by atoms with Crippen LogP contribution in [-0.2, 0) is 6.54 Å². The molecule has 0 saturated carbocycles.